The molecule has 0 N–H and O–H groups in total. The summed E-state index contributed by atoms with van der Waals surface area (Å²) >= 11 is 6.14. The highest BCUT2D eigenvalue weighted by Gasteiger charge is 2.22. The molecule has 4 heteroatoms. The van der Waals surface area contributed by atoms with Crippen LogP contribution in [0.4, 0.5) is 5.82 Å². The SMILES string of the molecule is CN1CCC(CN(C)c2nc3ccccc3cc2CCl)C1. The monoisotopic (exact) mass is 303 g/mol. The number of alkyl halides is 1. The van der Waals surface area contributed by atoms with E-state index >= 15 is 0 Å². The minimum Gasteiger partial charge on any atom is -0.359 e. The molecule has 3 nitrogen and oxygen atoms in total. The fourth-order valence-electron chi connectivity index (χ4n) is 3.23. The number of hydrogen-bond donors (Lipinski definition) is 0. The van der Waals surface area contributed by atoms with Gasteiger partial charge in [0.1, 0.15) is 5.82 Å². The average Bonchev–Trinajstić information content (AvgIpc) is 2.90. The summed E-state index contributed by atoms with van der Waals surface area (Å²) in [6.45, 7) is 3.42. The Morgan fingerprint density at radius 3 is 2.90 bits per heavy atom. The lowest BCUT2D eigenvalue weighted by Crippen LogP contribution is -2.28. The predicted molar refractivity (Wildman–Crippen MR) is 90.2 cm³/mol. The molecular formula is C17H22ClN3. The summed E-state index contributed by atoms with van der Waals surface area (Å²) in [6, 6.07) is 10.4. The van der Waals surface area contributed by atoms with E-state index in [9.17, 15) is 0 Å². The fraction of sp³-hybridized carbons (Fsp3) is 0.471. The van der Waals surface area contributed by atoms with Gasteiger partial charge < -0.3 is 9.80 Å². The highest BCUT2D eigenvalue weighted by Crippen LogP contribution is 2.26. The van der Waals surface area contributed by atoms with Crippen molar-refractivity contribution in [1.82, 2.24) is 9.88 Å². The number of benzene rings is 1. The summed E-state index contributed by atoms with van der Waals surface area (Å²) < 4.78 is 0. The Morgan fingerprint density at radius 2 is 2.19 bits per heavy atom. The van der Waals surface area contributed by atoms with Gasteiger partial charge >= 0.3 is 0 Å². The van der Waals surface area contributed by atoms with E-state index in [1.165, 1.54) is 19.5 Å². The smallest absolute Gasteiger partial charge is 0.133 e. The first-order valence-electron chi connectivity index (χ1n) is 7.51. The fourth-order valence-corrected chi connectivity index (χ4v) is 3.42. The molecule has 0 amide bonds. The molecule has 0 radical (unpaired) electrons. The maximum absolute atomic E-state index is 6.14. The number of hydrogen-bond acceptors (Lipinski definition) is 3. The molecule has 1 fully saturated rings. The van der Waals surface area contributed by atoms with Gasteiger partial charge in [-0.3, -0.25) is 0 Å². The van der Waals surface area contributed by atoms with Crippen LogP contribution < -0.4 is 4.90 Å². The van der Waals surface area contributed by atoms with Crippen molar-refractivity contribution >= 4 is 28.3 Å². The van der Waals surface area contributed by atoms with E-state index in [-0.39, 0.29) is 0 Å². The van der Waals surface area contributed by atoms with Gasteiger partial charge in [-0.25, -0.2) is 4.98 Å². The van der Waals surface area contributed by atoms with E-state index < -0.39 is 0 Å². The highest BCUT2D eigenvalue weighted by atomic mass is 35.5. The molecule has 3 rings (SSSR count). The molecule has 1 aliphatic rings. The Balaban J connectivity index is 1.87. The number of fused-ring (bicyclic) bond motifs is 1. The van der Waals surface area contributed by atoms with E-state index in [1.807, 2.05) is 12.1 Å². The van der Waals surface area contributed by atoms with Crippen molar-refractivity contribution in [3.63, 3.8) is 0 Å². The van der Waals surface area contributed by atoms with Gasteiger partial charge in [-0.1, -0.05) is 18.2 Å². The minimum absolute atomic E-state index is 0.502. The largest absolute Gasteiger partial charge is 0.359 e. The summed E-state index contributed by atoms with van der Waals surface area (Å²) in [5.41, 5.74) is 2.15. The molecule has 0 aliphatic carbocycles. The molecule has 112 valence electrons. The van der Waals surface area contributed by atoms with Crippen LogP contribution in [-0.2, 0) is 5.88 Å². The third kappa shape index (κ3) is 3.14. The maximum atomic E-state index is 6.14. The van der Waals surface area contributed by atoms with Crippen LogP contribution in [0, 0.1) is 5.92 Å². The quantitative estimate of drug-likeness (QED) is 0.807. The van der Waals surface area contributed by atoms with Crippen molar-refractivity contribution in [3.05, 3.63) is 35.9 Å². The Bertz CT molecular complexity index is 628. The van der Waals surface area contributed by atoms with E-state index in [0.29, 0.717) is 5.88 Å². The molecule has 2 heterocycles. The second-order valence-electron chi connectivity index (χ2n) is 6.09. The lowest BCUT2D eigenvalue weighted by molar-refractivity contribution is 0.395. The minimum atomic E-state index is 0.502. The number of aromatic nitrogens is 1. The summed E-state index contributed by atoms with van der Waals surface area (Å²) in [5.74, 6) is 2.25. The lowest BCUT2D eigenvalue weighted by atomic mass is 10.1. The highest BCUT2D eigenvalue weighted by molar-refractivity contribution is 6.17. The Hall–Kier alpha value is -1.32. The zero-order chi connectivity index (χ0) is 14.8. The number of nitrogens with zero attached hydrogens (tertiary/aromatic N) is 3. The van der Waals surface area contributed by atoms with E-state index in [4.69, 9.17) is 16.6 Å². The summed E-state index contributed by atoms with van der Waals surface area (Å²) in [6.07, 6.45) is 1.27. The van der Waals surface area contributed by atoms with E-state index in [1.54, 1.807) is 0 Å². The lowest BCUT2D eigenvalue weighted by Gasteiger charge is -2.24. The van der Waals surface area contributed by atoms with Gasteiger partial charge in [-0.15, -0.1) is 11.6 Å². The summed E-state index contributed by atoms with van der Waals surface area (Å²) in [5, 5.41) is 1.16. The number of anilines is 1. The van der Waals surface area contributed by atoms with Crippen molar-refractivity contribution in [2.45, 2.75) is 12.3 Å². The second kappa shape index (κ2) is 6.20. The van der Waals surface area contributed by atoms with E-state index in [0.717, 1.165) is 34.7 Å². The first kappa shape index (κ1) is 14.6. The molecule has 1 aromatic heterocycles. The van der Waals surface area contributed by atoms with Gasteiger partial charge in [0.2, 0.25) is 0 Å². The molecule has 1 saturated heterocycles. The number of rotatable bonds is 4. The van der Waals surface area contributed by atoms with Gasteiger partial charge in [-0.2, -0.15) is 0 Å². The first-order valence-corrected chi connectivity index (χ1v) is 8.05. The topological polar surface area (TPSA) is 19.4 Å². The molecule has 2 aromatic rings. The zero-order valence-electron chi connectivity index (χ0n) is 12.7. The molecule has 0 saturated carbocycles. The maximum Gasteiger partial charge on any atom is 0.133 e. The number of likely N-dealkylation sites (tertiary alicyclic amines) is 1. The van der Waals surface area contributed by atoms with Gasteiger partial charge in [0, 0.05) is 31.1 Å². The van der Waals surface area contributed by atoms with Gasteiger partial charge in [0.25, 0.3) is 0 Å². The van der Waals surface area contributed by atoms with Crippen LogP contribution in [0.15, 0.2) is 30.3 Å². The molecular weight excluding hydrogens is 282 g/mol. The average molecular weight is 304 g/mol. The van der Waals surface area contributed by atoms with Crippen molar-refractivity contribution in [2.24, 2.45) is 5.92 Å². The zero-order valence-corrected chi connectivity index (χ0v) is 13.5. The third-order valence-corrected chi connectivity index (χ3v) is 4.59. The van der Waals surface area contributed by atoms with Gasteiger partial charge in [-0.05, 0) is 38.1 Å². The van der Waals surface area contributed by atoms with Crippen LogP contribution in [0.2, 0.25) is 0 Å². The Morgan fingerprint density at radius 1 is 1.38 bits per heavy atom. The van der Waals surface area contributed by atoms with E-state index in [2.05, 4.69) is 42.1 Å². The van der Waals surface area contributed by atoms with Crippen LogP contribution in [0.25, 0.3) is 10.9 Å². The van der Waals surface area contributed by atoms with Crippen LogP contribution >= 0.6 is 11.6 Å². The standard InChI is InChI=1S/C17H22ClN3/c1-20-8-7-13(11-20)12-21(2)17-15(10-18)9-14-5-3-4-6-16(14)19-17/h3-6,9,13H,7-8,10-12H2,1-2H3. The van der Waals surface area contributed by atoms with Crippen LogP contribution in [0.1, 0.15) is 12.0 Å². The van der Waals surface area contributed by atoms with Crippen LogP contribution in [0.5, 0.6) is 0 Å². The van der Waals surface area contributed by atoms with Crippen LogP contribution in [0.3, 0.4) is 0 Å². The first-order chi connectivity index (χ1) is 10.2. The molecule has 0 spiro atoms. The van der Waals surface area contributed by atoms with Crippen molar-refractivity contribution in [2.75, 3.05) is 38.6 Å². The predicted octanol–water partition coefficient (Wildman–Crippen LogP) is 3.36. The van der Waals surface area contributed by atoms with Crippen molar-refractivity contribution < 1.29 is 0 Å². The number of pyridine rings is 1. The van der Waals surface area contributed by atoms with Crippen molar-refractivity contribution in [1.29, 1.82) is 0 Å². The Kier molecular flexibility index (Phi) is 4.32. The normalized spacial score (nSPS) is 19.3. The van der Waals surface area contributed by atoms with Crippen molar-refractivity contribution in [3.8, 4) is 0 Å². The molecule has 21 heavy (non-hydrogen) atoms. The molecule has 0 bridgehead atoms. The molecule has 1 unspecified atom stereocenters. The van der Waals surface area contributed by atoms with Crippen LogP contribution in [-0.4, -0.2) is 43.6 Å². The number of para-hydroxylation sites is 1. The second-order valence-corrected chi connectivity index (χ2v) is 6.36. The van der Waals surface area contributed by atoms with Gasteiger partial charge in [0.05, 0.1) is 11.4 Å². The molecule has 1 aromatic carbocycles. The molecule has 1 aliphatic heterocycles. The molecule has 1 atom stereocenters. The third-order valence-electron chi connectivity index (χ3n) is 4.31. The number of halogens is 1. The summed E-state index contributed by atoms with van der Waals surface area (Å²) in [7, 11) is 4.32. The van der Waals surface area contributed by atoms with Gasteiger partial charge in [0.15, 0.2) is 0 Å². The Labute approximate surface area is 131 Å². The summed E-state index contributed by atoms with van der Waals surface area (Å²) in [4.78, 5) is 9.50.